The molecule has 1 aromatic rings. The molecule has 11 heavy (non-hydrogen) atoms. The van der Waals surface area contributed by atoms with E-state index in [0.29, 0.717) is 11.3 Å². The SMILES string of the molecule is C=C(C)OC(=O)c1ccsc1. The van der Waals surface area contributed by atoms with Crippen molar-refractivity contribution < 1.29 is 9.53 Å². The molecule has 0 aliphatic carbocycles. The van der Waals surface area contributed by atoms with Crippen molar-refractivity contribution in [1.29, 1.82) is 0 Å². The zero-order valence-electron chi connectivity index (χ0n) is 6.16. The van der Waals surface area contributed by atoms with E-state index < -0.39 is 0 Å². The van der Waals surface area contributed by atoms with Gasteiger partial charge in [0.2, 0.25) is 0 Å². The molecule has 1 aromatic heterocycles. The second-order valence-electron chi connectivity index (χ2n) is 2.10. The molecule has 0 aliphatic rings. The second-order valence-corrected chi connectivity index (χ2v) is 2.88. The molecule has 0 N–H and O–H groups in total. The number of esters is 1. The molecule has 0 bridgehead atoms. The molecule has 0 atom stereocenters. The number of carbonyl (C=O) groups excluding carboxylic acids is 1. The summed E-state index contributed by atoms with van der Waals surface area (Å²) in [6.07, 6.45) is 0. The Morgan fingerprint density at radius 2 is 2.45 bits per heavy atom. The van der Waals surface area contributed by atoms with Gasteiger partial charge in [0.15, 0.2) is 0 Å². The minimum atomic E-state index is -0.334. The Morgan fingerprint density at radius 3 is 2.91 bits per heavy atom. The van der Waals surface area contributed by atoms with E-state index in [-0.39, 0.29) is 5.97 Å². The molecule has 2 nitrogen and oxygen atoms in total. The zero-order valence-corrected chi connectivity index (χ0v) is 6.98. The highest BCUT2D eigenvalue weighted by Crippen LogP contribution is 2.08. The van der Waals surface area contributed by atoms with Crippen molar-refractivity contribution in [3.05, 3.63) is 34.7 Å². The maximum atomic E-state index is 11.0. The second kappa shape index (κ2) is 3.34. The summed E-state index contributed by atoms with van der Waals surface area (Å²) in [4.78, 5) is 11.0. The third kappa shape index (κ3) is 2.20. The average molecular weight is 168 g/mol. The van der Waals surface area contributed by atoms with Gasteiger partial charge in [0, 0.05) is 5.38 Å². The van der Waals surface area contributed by atoms with E-state index in [4.69, 9.17) is 4.74 Å². The number of carbonyl (C=O) groups is 1. The number of hydrogen-bond acceptors (Lipinski definition) is 3. The average Bonchev–Trinajstić information content (AvgIpc) is 2.35. The lowest BCUT2D eigenvalue weighted by Crippen LogP contribution is -2.00. The quantitative estimate of drug-likeness (QED) is 0.500. The number of hydrogen-bond donors (Lipinski definition) is 0. The summed E-state index contributed by atoms with van der Waals surface area (Å²) in [5, 5.41) is 3.57. The largest absolute Gasteiger partial charge is 0.428 e. The van der Waals surface area contributed by atoms with Gasteiger partial charge in [-0.05, 0) is 18.4 Å². The fraction of sp³-hybridized carbons (Fsp3) is 0.125. The van der Waals surface area contributed by atoms with Gasteiger partial charge in [0.25, 0.3) is 0 Å². The van der Waals surface area contributed by atoms with Crippen LogP contribution in [-0.4, -0.2) is 5.97 Å². The van der Waals surface area contributed by atoms with Crippen LogP contribution in [0.1, 0.15) is 17.3 Å². The first-order valence-electron chi connectivity index (χ1n) is 3.10. The molecule has 1 heterocycles. The summed E-state index contributed by atoms with van der Waals surface area (Å²) in [7, 11) is 0. The van der Waals surface area contributed by atoms with Gasteiger partial charge in [-0.25, -0.2) is 4.79 Å². The Labute approximate surface area is 69.1 Å². The van der Waals surface area contributed by atoms with Crippen molar-refractivity contribution in [3.8, 4) is 0 Å². The van der Waals surface area contributed by atoms with Gasteiger partial charge < -0.3 is 4.74 Å². The van der Waals surface area contributed by atoms with Crippen molar-refractivity contribution in [1.82, 2.24) is 0 Å². The van der Waals surface area contributed by atoms with E-state index in [2.05, 4.69) is 6.58 Å². The molecule has 0 fully saturated rings. The lowest BCUT2D eigenvalue weighted by atomic mass is 10.3. The van der Waals surface area contributed by atoms with Crippen molar-refractivity contribution in [2.75, 3.05) is 0 Å². The highest BCUT2D eigenvalue weighted by atomic mass is 32.1. The van der Waals surface area contributed by atoms with E-state index in [1.54, 1.807) is 18.4 Å². The predicted molar refractivity (Wildman–Crippen MR) is 44.5 cm³/mol. The van der Waals surface area contributed by atoms with Crippen molar-refractivity contribution in [2.24, 2.45) is 0 Å². The van der Waals surface area contributed by atoms with Gasteiger partial charge >= 0.3 is 5.97 Å². The van der Waals surface area contributed by atoms with Gasteiger partial charge in [-0.3, -0.25) is 0 Å². The highest BCUT2D eigenvalue weighted by Gasteiger charge is 2.06. The van der Waals surface area contributed by atoms with E-state index in [1.807, 2.05) is 5.38 Å². The first-order valence-corrected chi connectivity index (χ1v) is 4.04. The van der Waals surface area contributed by atoms with Gasteiger partial charge in [-0.2, -0.15) is 11.3 Å². The standard InChI is InChI=1S/C8H8O2S/c1-6(2)10-8(9)7-3-4-11-5-7/h3-5H,1H2,2H3. The van der Waals surface area contributed by atoms with Crippen LogP contribution in [0.3, 0.4) is 0 Å². The molecule has 0 radical (unpaired) electrons. The number of thiophene rings is 1. The van der Waals surface area contributed by atoms with Crippen LogP contribution < -0.4 is 0 Å². The lowest BCUT2D eigenvalue weighted by molar-refractivity contribution is 0.0628. The van der Waals surface area contributed by atoms with E-state index in [0.717, 1.165) is 0 Å². The topological polar surface area (TPSA) is 26.3 Å². The molecular weight excluding hydrogens is 160 g/mol. The summed E-state index contributed by atoms with van der Waals surface area (Å²) in [5.41, 5.74) is 0.581. The smallest absolute Gasteiger partial charge is 0.344 e. The summed E-state index contributed by atoms with van der Waals surface area (Å²) < 4.78 is 4.77. The Balaban J connectivity index is 2.64. The fourth-order valence-electron chi connectivity index (χ4n) is 0.598. The van der Waals surface area contributed by atoms with Crippen molar-refractivity contribution >= 4 is 17.3 Å². The third-order valence-corrected chi connectivity index (χ3v) is 1.71. The minimum absolute atomic E-state index is 0.334. The molecule has 0 unspecified atom stereocenters. The van der Waals surface area contributed by atoms with Gasteiger partial charge in [0.1, 0.15) is 0 Å². The Morgan fingerprint density at radius 1 is 1.73 bits per heavy atom. The molecule has 0 saturated heterocycles. The highest BCUT2D eigenvalue weighted by molar-refractivity contribution is 7.08. The van der Waals surface area contributed by atoms with Crippen LogP contribution in [-0.2, 0) is 4.74 Å². The molecule has 1 rings (SSSR count). The molecule has 0 aliphatic heterocycles. The molecule has 0 amide bonds. The molecule has 0 spiro atoms. The number of rotatable bonds is 2. The summed E-state index contributed by atoms with van der Waals surface area (Å²) in [6, 6.07) is 1.72. The van der Waals surface area contributed by atoms with E-state index in [9.17, 15) is 4.79 Å². The van der Waals surface area contributed by atoms with E-state index >= 15 is 0 Å². The number of allylic oxidation sites excluding steroid dienone is 1. The fourth-order valence-corrected chi connectivity index (χ4v) is 1.22. The maximum Gasteiger partial charge on any atom is 0.344 e. The Kier molecular flexibility index (Phi) is 2.44. The van der Waals surface area contributed by atoms with Crippen LogP contribution in [0.4, 0.5) is 0 Å². The van der Waals surface area contributed by atoms with Crippen LogP contribution >= 0.6 is 11.3 Å². The zero-order chi connectivity index (χ0) is 8.27. The Hall–Kier alpha value is -1.09. The summed E-state index contributed by atoms with van der Waals surface area (Å²) in [5.74, 6) is 0.0833. The van der Waals surface area contributed by atoms with Crippen molar-refractivity contribution in [2.45, 2.75) is 6.92 Å². The maximum absolute atomic E-state index is 11.0. The van der Waals surface area contributed by atoms with Crippen LogP contribution in [0, 0.1) is 0 Å². The number of ether oxygens (including phenoxy) is 1. The third-order valence-electron chi connectivity index (χ3n) is 1.02. The molecule has 3 heteroatoms. The summed E-state index contributed by atoms with van der Waals surface area (Å²) >= 11 is 1.46. The first-order chi connectivity index (χ1) is 5.20. The van der Waals surface area contributed by atoms with E-state index in [1.165, 1.54) is 11.3 Å². The normalized spacial score (nSPS) is 9.18. The van der Waals surface area contributed by atoms with Gasteiger partial charge in [0.05, 0.1) is 11.3 Å². The van der Waals surface area contributed by atoms with Gasteiger partial charge in [-0.1, -0.05) is 6.58 Å². The van der Waals surface area contributed by atoms with Crippen molar-refractivity contribution in [3.63, 3.8) is 0 Å². The van der Waals surface area contributed by atoms with Gasteiger partial charge in [-0.15, -0.1) is 0 Å². The Bertz CT molecular complexity index is 262. The van der Waals surface area contributed by atoms with Crippen LogP contribution in [0.15, 0.2) is 29.2 Å². The first kappa shape index (κ1) is 8.01. The minimum Gasteiger partial charge on any atom is -0.428 e. The predicted octanol–water partition coefficient (Wildman–Crippen LogP) is 2.44. The summed E-state index contributed by atoms with van der Waals surface area (Å²) in [6.45, 7) is 5.11. The van der Waals surface area contributed by atoms with Crippen LogP contribution in [0.5, 0.6) is 0 Å². The van der Waals surface area contributed by atoms with Crippen LogP contribution in [0.25, 0.3) is 0 Å². The monoisotopic (exact) mass is 168 g/mol. The molecular formula is C8H8O2S. The van der Waals surface area contributed by atoms with Crippen LogP contribution in [0.2, 0.25) is 0 Å². The molecule has 0 saturated carbocycles. The lowest BCUT2D eigenvalue weighted by Gasteiger charge is -1.98. The molecule has 58 valence electrons. The molecule has 0 aromatic carbocycles.